The van der Waals surface area contributed by atoms with E-state index in [-0.39, 0.29) is 30.6 Å². The second kappa shape index (κ2) is 11.0. The van der Waals surface area contributed by atoms with Crippen molar-refractivity contribution in [2.24, 2.45) is 0 Å². The number of ether oxygens (including phenoxy) is 2. The lowest BCUT2D eigenvalue weighted by molar-refractivity contribution is 0.0839. The highest BCUT2D eigenvalue weighted by Gasteiger charge is 2.46. The SMILES string of the molecule is CCCCOC(=O)N1CC(O)CC1COc1ccc(C)c(C(=O)NC2(c3cccc4ccccc34)CC2)c1. The maximum atomic E-state index is 13.5. The van der Waals surface area contributed by atoms with Gasteiger partial charge < -0.3 is 19.9 Å². The van der Waals surface area contributed by atoms with Crippen molar-refractivity contribution in [3.63, 3.8) is 0 Å². The van der Waals surface area contributed by atoms with Crippen LogP contribution in [0.2, 0.25) is 0 Å². The monoisotopic (exact) mass is 516 g/mol. The molecule has 7 nitrogen and oxygen atoms in total. The molecule has 7 heteroatoms. The number of hydrogen-bond donors (Lipinski definition) is 2. The Labute approximate surface area is 223 Å². The van der Waals surface area contributed by atoms with Crippen molar-refractivity contribution in [3.8, 4) is 5.75 Å². The first-order valence-electron chi connectivity index (χ1n) is 13.6. The van der Waals surface area contributed by atoms with Gasteiger partial charge in [0, 0.05) is 5.56 Å². The van der Waals surface area contributed by atoms with Crippen molar-refractivity contribution in [2.75, 3.05) is 19.8 Å². The van der Waals surface area contributed by atoms with Crippen LogP contribution >= 0.6 is 0 Å². The van der Waals surface area contributed by atoms with Gasteiger partial charge in [0.15, 0.2) is 0 Å². The van der Waals surface area contributed by atoms with Crippen LogP contribution in [0.1, 0.15) is 60.5 Å². The van der Waals surface area contributed by atoms with Crippen LogP contribution in [0.15, 0.2) is 60.7 Å². The highest BCUT2D eigenvalue weighted by Crippen LogP contribution is 2.48. The summed E-state index contributed by atoms with van der Waals surface area (Å²) >= 11 is 0. The summed E-state index contributed by atoms with van der Waals surface area (Å²) in [5.41, 5.74) is 2.22. The molecule has 2 N–H and O–H groups in total. The van der Waals surface area contributed by atoms with E-state index in [4.69, 9.17) is 9.47 Å². The lowest BCUT2D eigenvalue weighted by Crippen LogP contribution is -2.39. The molecule has 2 fully saturated rings. The van der Waals surface area contributed by atoms with E-state index in [1.54, 1.807) is 11.0 Å². The lowest BCUT2D eigenvalue weighted by atomic mass is 9.96. The van der Waals surface area contributed by atoms with Crippen molar-refractivity contribution in [1.82, 2.24) is 10.2 Å². The third-order valence-corrected chi connectivity index (χ3v) is 7.65. The first kappa shape index (κ1) is 26.0. The third-order valence-electron chi connectivity index (χ3n) is 7.65. The van der Waals surface area contributed by atoms with E-state index in [0.717, 1.165) is 47.6 Å². The van der Waals surface area contributed by atoms with Crippen molar-refractivity contribution < 1.29 is 24.2 Å². The Morgan fingerprint density at radius 1 is 1.11 bits per heavy atom. The molecule has 5 rings (SSSR count). The molecule has 38 heavy (non-hydrogen) atoms. The number of carbonyl (C=O) groups is 2. The molecule has 3 aromatic carbocycles. The average molecular weight is 517 g/mol. The zero-order chi connectivity index (χ0) is 26.7. The predicted molar refractivity (Wildman–Crippen MR) is 146 cm³/mol. The molecule has 1 heterocycles. The summed E-state index contributed by atoms with van der Waals surface area (Å²) in [6, 6.07) is 19.7. The molecule has 3 aromatic rings. The summed E-state index contributed by atoms with van der Waals surface area (Å²) < 4.78 is 11.4. The van der Waals surface area contributed by atoms with E-state index in [0.29, 0.717) is 24.3 Å². The number of fused-ring (bicyclic) bond motifs is 1. The molecule has 1 aliphatic heterocycles. The molecule has 2 atom stereocenters. The van der Waals surface area contributed by atoms with E-state index in [9.17, 15) is 14.7 Å². The quantitative estimate of drug-likeness (QED) is 0.376. The Kier molecular flexibility index (Phi) is 7.56. The number of unbranched alkanes of at least 4 members (excludes halogenated alkanes) is 1. The minimum Gasteiger partial charge on any atom is -0.491 e. The summed E-state index contributed by atoms with van der Waals surface area (Å²) in [6.45, 7) is 4.76. The van der Waals surface area contributed by atoms with Crippen LogP contribution in [-0.4, -0.2) is 53.9 Å². The number of aliphatic hydroxyl groups is 1. The Balaban J connectivity index is 1.27. The van der Waals surface area contributed by atoms with Crippen molar-refractivity contribution in [3.05, 3.63) is 77.4 Å². The Morgan fingerprint density at radius 3 is 2.68 bits per heavy atom. The van der Waals surface area contributed by atoms with E-state index in [1.807, 2.05) is 44.2 Å². The molecular formula is C31H36N2O5. The maximum absolute atomic E-state index is 13.5. The van der Waals surface area contributed by atoms with E-state index in [2.05, 4.69) is 29.6 Å². The number of rotatable bonds is 9. The number of nitrogens with one attached hydrogen (secondary N) is 1. The minimum absolute atomic E-state index is 0.129. The van der Waals surface area contributed by atoms with E-state index >= 15 is 0 Å². The van der Waals surface area contributed by atoms with Gasteiger partial charge in [-0.3, -0.25) is 9.69 Å². The topological polar surface area (TPSA) is 88.1 Å². The maximum Gasteiger partial charge on any atom is 0.410 e. The molecule has 2 amide bonds. The van der Waals surface area contributed by atoms with E-state index < -0.39 is 12.2 Å². The number of amides is 2. The number of likely N-dealkylation sites (tertiary alicyclic amines) is 1. The van der Waals surface area contributed by atoms with Gasteiger partial charge in [-0.25, -0.2) is 4.79 Å². The first-order chi connectivity index (χ1) is 18.4. The smallest absolute Gasteiger partial charge is 0.410 e. The number of nitrogens with zero attached hydrogens (tertiary/aromatic N) is 1. The normalized spacial score (nSPS) is 19.8. The standard InChI is InChI=1S/C31H36N2O5/c1-3-4-16-37-30(36)33-19-24(34)17-23(33)20-38-25-13-12-21(2)27(18-25)29(35)32-31(14-15-31)28-11-7-9-22-8-5-6-10-26(22)28/h5-13,18,23-24,34H,3-4,14-17,19-20H2,1-2H3,(H,32,35). The number of benzene rings is 3. The van der Waals surface area contributed by atoms with Gasteiger partial charge in [-0.2, -0.15) is 0 Å². The lowest BCUT2D eigenvalue weighted by Gasteiger charge is -2.24. The molecule has 0 spiro atoms. The molecule has 1 saturated heterocycles. The largest absolute Gasteiger partial charge is 0.491 e. The van der Waals surface area contributed by atoms with Gasteiger partial charge in [-0.15, -0.1) is 0 Å². The number of aryl methyl sites for hydroxylation is 1. The van der Waals surface area contributed by atoms with Crippen LogP contribution in [-0.2, 0) is 10.3 Å². The molecule has 0 bridgehead atoms. The molecule has 2 unspecified atom stereocenters. The Morgan fingerprint density at radius 2 is 1.89 bits per heavy atom. The molecule has 2 aliphatic rings. The summed E-state index contributed by atoms with van der Waals surface area (Å²) in [6.07, 6.45) is 2.94. The van der Waals surface area contributed by atoms with Crippen LogP contribution in [0.5, 0.6) is 5.75 Å². The van der Waals surface area contributed by atoms with Gasteiger partial charge in [0.05, 0.1) is 30.8 Å². The van der Waals surface area contributed by atoms with Gasteiger partial charge in [-0.1, -0.05) is 61.9 Å². The van der Waals surface area contributed by atoms with Crippen LogP contribution < -0.4 is 10.1 Å². The Hall–Kier alpha value is -3.58. The van der Waals surface area contributed by atoms with Crippen LogP contribution in [0, 0.1) is 6.92 Å². The van der Waals surface area contributed by atoms with Crippen LogP contribution in [0.25, 0.3) is 10.8 Å². The fourth-order valence-electron chi connectivity index (χ4n) is 5.30. The third kappa shape index (κ3) is 5.48. The van der Waals surface area contributed by atoms with E-state index in [1.165, 1.54) is 0 Å². The fourth-order valence-corrected chi connectivity index (χ4v) is 5.30. The Bertz CT molecular complexity index is 1310. The predicted octanol–water partition coefficient (Wildman–Crippen LogP) is 5.32. The minimum atomic E-state index is -0.606. The average Bonchev–Trinajstić information content (AvgIpc) is 3.60. The van der Waals surface area contributed by atoms with Crippen LogP contribution in [0.3, 0.4) is 0 Å². The van der Waals surface area contributed by atoms with Crippen molar-refractivity contribution >= 4 is 22.8 Å². The molecule has 1 saturated carbocycles. The highest BCUT2D eigenvalue weighted by atomic mass is 16.6. The van der Waals surface area contributed by atoms with Crippen molar-refractivity contribution in [2.45, 2.75) is 63.6 Å². The van der Waals surface area contributed by atoms with Gasteiger partial charge in [0.2, 0.25) is 0 Å². The summed E-state index contributed by atoms with van der Waals surface area (Å²) in [4.78, 5) is 27.5. The second-order valence-corrected chi connectivity index (χ2v) is 10.5. The second-order valence-electron chi connectivity index (χ2n) is 10.5. The summed E-state index contributed by atoms with van der Waals surface area (Å²) in [7, 11) is 0. The number of carbonyl (C=O) groups excluding carboxylic acids is 2. The number of aliphatic hydroxyl groups excluding tert-OH is 1. The molecule has 200 valence electrons. The number of β-amino-alcohol motifs (C(OH)–C–C–N with tert-alkyl or cyclic N) is 1. The van der Waals surface area contributed by atoms with Crippen LogP contribution in [0.4, 0.5) is 4.79 Å². The van der Waals surface area contributed by atoms with Gasteiger partial charge in [0.1, 0.15) is 12.4 Å². The van der Waals surface area contributed by atoms with Gasteiger partial charge >= 0.3 is 6.09 Å². The molecule has 0 radical (unpaired) electrons. The van der Waals surface area contributed by atoms with Gasteiger partial charge in [-0.05, 0) is 66.6 Å². The first-order valence-corrected chi connectivity index (χ1v) is 13.6. The zero-order valence-electron chi connectivity index (χ0n) is 22.1. The highest BCUT2D eigenvalue weighted by molar-refractivity contribution is 5.97. The number of hydrogen-bond acceptors (Lipinski definition) is 5. The molecule has 0 aromatic heterocycles. The summed E-state index contributed by atoms with van der Waals surface area (Å²) in [5, 5.41) is 15.8. The van der Waals surface area contributed by atoms with Gasteiger partial charge in [0.25, 0.3) is 5.91 Å². The molecular weight excluding hydrogens is 480 g/mol. The molecule has 1 aliphatic carbocycles. The fraction of sp³-hybridized carbons (Fsp3) is 0.419. The summed E-state index contributed by atoms with van der Waals surface area (Å²) in [5.74, 6) is 0.423. The zero-order valence-corrected chi connectivity index (χ0v) is 22.1. The van der Waals surface area contributed by atoms with Crippen molar-refractivity contribution in [1.29, 1.82) is 0 Å².